The molecule has 1 fully saturated rings. The molecule has 0 radical (unpaired) electrons. The average Bonchev–Trinajstić information content (AvgIpc) is 2.95. The molecule has 0 saturated carbocycles. The second-order valence-electron chi connectivity index (χ2n) is 5.23. The van der Waals surface area contributed by atoms with Crippen LogP contribution in [0.25, 0.3) is 10.9 Å². The predicted octanol–water partition coefficient (Wildman–Crippen LogP) is 1.53. The highest BCUT2D eigenvalue weighted by molar-refractivity contribution is 6.00. The topological polar surface area (TPSA) is 91.4 Å². The molecule has 0 aliphatic carbocycles. The zero-order chi connectivity index (χ0) is 14.9. The van der Waals surface area contributed by atoms with Gasteiger partial charge in [0.25, 0.3) is 5.91 Å². The number of aromatic nitrogens is 1. The zero-order valence-corrected chi connectivity index (χ0v) is 11.4. The van der Waals surface area contributed by atoms with Gasteiger partial charge >= 0.3 is 5.97 Å². The van der Waals surface area contributed by atoms with Crippen LogP contribution >= 0.6 is 0 Å². The number of carbonyl (C=O) groups excluding carboxylic acids is 1. The van der Waals surface area contributed by atoms with E-state index >= 15 is 0 Å². The average molecular weight is 288 g/mol. The van der Waals surface area contributed by atoms with Crippen molar-refractivity contribution in [2.24, 2.45) is 0 Å². The number of aromatic amines is 1. The lowest BCUT2D eigenvalue weighted by molar-refractivity contribution is -0.148. The summed E-state index contributed by atoms with van der Waals surface area (Å²) < 4.78 is 5.19. The molecule has 6 heteroatoms. The Labute approximate surface area is 121 Å². The van der Waals surface area contributed by atoms with Crippen LogP contribution in [0.3, 0.4) is 0 Å². The molecule has 3 N–H and O–H groups in total. The molecule has 2 heterocycles. The van der Waals surface area contributed by atoms with Crippen LogP contribution in [0.4, 0.5) is 0 Å². The second kappa shape index (κ2) is 5.21. The molecule has 1 aliphatic rings. The first-order valence-electron chi connectivity index (χ1n) is 6.82. The monoisotopic (exact) mass is 288 g/mol. The van der Waals surface area contributed by atoms with Crippen LogP contribution in [0.1, 0.15) is 23.2 Å². The van der Waals surface area contributed by atoms with E-state index in [1.807, 2.05) is 12.1 Å². The van der Waals surface area contributed by atoms with Crippen LogP contribution in [-0.4, -0.2) is 40.7 Å². The van der Waals surface area contributed by atoms with Crippen LogP contribution in [0, 0.1) is 0 Å². The summed E-state index contributed by atoms with van der Waals surface area (Å²) in [5, 5.41) is 13.1. The molecule has 0 spiro atoms. The molecular weight excluding hydrogens is 272 g/mol. The number of fused-ring (bicyclic) bond motifs is 1. The van der Waals surface area contributed by atoms with Crippen molar-refractivity contribution in [1.29, 1.82) is 0 Å². The Bertz CT molecular complexity index is 686. The van der Waals surface area contributed by atoms with E-state index < -0.39 is 11.5 Å². The Morgan fingerprint density at radius 2 is 2.00 bits per heavy atom. The molecule has 1 aliphatic heterocycles. The molecule has 1 aromatic heterocycles. The van der Waals surface area contributed by atoms with Gasteiger partial charge in [0, 0.05) is 43.3 Å². The van der Waals surface area contributed by atoms with E-state index in [2.05, 4.69) is 10.3 Å². The van der Waals surface area contributed by atoms with Crippen molar-refractivity contribution in [3.05, 3.63) is 36.0 Å². The summed E-state index contributed by atoms with van der Waals surface area (Å²) in [5.41, 5.74) is 0.0519. The number of hydrogen-bond acceptors (Lipinski definition) is 3. The highest BCUT2D eigenvalue weighted by atomic mass is 16.5. The zero-order valence-electron chi connectivity index (χ0n) is 11.4. The minimum absolute atomic E-state index is 0.277. The van der Waals surface area contributed by atoms with Gasteiger partial charge in [-0.25, -0.2) is 4.79 Å². The standard InChI is InChI=1S/C15H16N2O4/c18-13(11-2-1-10-3-6-16-12(10)9-11)17-15(14(19)20)4-7-21-8-5-15/h1-3,6,9,16H,4-5,7-8H2,(H,17,18)(H,19,20). The number of amides is 1. The molecule has 0 unspecified atom stereocenters. The maximum atomic E-state index is 12.4. The third kappa shape index (κ3) is 2.50. The van der Waals surface area contributed by atoms with Crippen molar-refractivity contribution in [3.63, 3.8) is 0 Å². The number of carboxylic acids is 1. The summed E-state index contributed by atoms with van der Waals surface area (Å²) in [6.07, 6.45) is 2.35. The maximum absolute atomic E-state index is 12.4. The summed E-state index contributed by atoms with van der Waals surface area (Å²) in [6, 6.07) is 7.16. The Morgan fingerprint density at radius 1 is 1.24 bits per heavy atom. The lowest BCUT2D eigenvalue weighted by Crippen LogP contribution is -2.57. The van der Waals surface area contributed by atoms with E-state index in [-0.39, 0.29) is 18.7 Å². The van der Waals surface area contributed by atoms with E-state index in [1.165, 1.54) is 0 Å². The number of H-pyrrole nitrogens is 1. The SMILES string of the molecule is O=C(NC1(C(=O)O)CCOCC1)c1ccc2cc[nH]c2c1. The van der Waals surface area contributed by atoms with Crippen molar-refractivity contribution >= 4 is 22.8 Å². The van der Waals surface area contributed by atoms with Crippen molar-refractivity contribution in [3.8, 4) is 0 Å². The number of benzene rings is 1. The summed E-state index contributed by atoms with van der Waals surface area (Å²) in [4.78, 5) is 26.9. The molecule has 21 heavy (non-hydrogen) atoms. The van der Waals surface area contributed by atoms with E-state index in [0.29, 0.717) is 18.8 Å². The van der Waals surface area contributed by atoms with Gasteiger partial charge in [0.15, 0.2) is 0 Å². The van der Waals surface area contributed by atoms with E-state index in [4.69, 9.17) is 4.74 Å². The predicted molar refractivity (Wildman–Crippen MR) is 76.2 cm³/mol. The Hall–Kier alpha value is -2.34. The number of rotatable bonds is 3. The first-order chi connectivity index (χ1) is 10.1. The number of hydrogen-bond donors (Lipinski definition) is 3. The molecule has 1 amide bonds. The van der Waals surface area contributed by atoms with Crippen molar-refractivity contribution in [2.45, 2.75) is 18.4 Å². The summed E-state index contributed by atoms with van der Waals surface area (Å²) >= 11 is 0. The lowest BCUT2D eigenvalue weighted by Gasteiger charge is -2.33. The Balaban J connectivity index is 1.85. The largest absolute Gasteiger partial charge is 0.480 e. The first kappa shape index (κ1) is 13.6. The number of nitrogens with one attached hydrogen (secondary N) is 2. The van der Waals surface area contributed by atoms with Gasteiger partial charge in [-0.1, -0.05) is 6.07 Å². The van der Waals surface area contributed by atoms with Crippen LogP contribution in [-0.2, 0) is 9.53 Å². The van der Waals surface area contributed by atoms with Crippen molar-refractivity contribution in [2.75, 3.05) is 13.2 Å². The Kier molecular flexibility index (Phi) is 3.39. The third-order valence-corrected chi connectivity index (χ3v) is 3.93. The van der Waals surface area contributed by atoms with Gasteiger partial charge in [-0.15, -0.1) is 0 Å². The summed E-state index contributed by atoms with van der Waals surface area (Å²) in [7, 11) is 0. The van der Waals surface area contributed by atoms with Crippen LogP contribution in [0.15, 0.2) is 30.5 Å². The lowest BCUT2D eigenvalue weighted by atomic mass is 9.89. The van der Waals surface area contributed by atoms with Gasteiger partial charge in [-0.2, -0.15) is 0 Å². The number of carboxylic acid groups (broad SMARTS) is 1. The van der Waals surface area contributed by atoms with Crippen molar-refractivity contribution < 1.29 is 19.4 Å². The highest BCUT2D eigenvalue weighted by Gasteiger charge is 2.41. The minimum atomic E-state index is -1.24. The van der Waals surface area contributed by atoms with E-state index in [0.717, 1.165) is 10.9 Å². The van der Waals surface area contributed by atoms with Gasteiger partial charge in [-0.05, 0) is 23.6 Å². The highest BCUT2D eigenvalue weighted by Crippen LogP contribution is 2.22. The first-order valence-corrected chi connectivity index (χ1v) is 6.82. The third-order valence-electron chi connectivity index (χ3n) is 3.93. The molecule has 2 aromatic rings. The van der Waals surface area contributed by atoms with E-state index in [1.54, 1.807) is 18.3 Å². The molecule has 3 rings (SSSR count). The Morgan fingerprint density at radius 3 is 2.71 bits per heavy atom. The minimum Gasteiger partial charge on any atom is -0.480 e. The fourth-order valence-corrected chi connectivity index (χ4v) is 2.59. The number of aliphatic carboxylic acids is 1. The molecule has 1 aromatic carbocycles. The molecular formula is C15H16N2O4. The van der Waals surface area contributed by atoms with Crippen LogP contribution in [0.5, 0.6) is 0 Å². The van der Waals surface area contributed by atoms with Crippen LogP contribution in [0.2, 0.25) is 0 Å². The van der Waals surface area contributed by atoms with Gasteiger partial charge < -0.3 is 20.1 Å². The second-order valence-corrected chi connectivity index (χ2v) is 5.23. The number of carbonyl (C=O) groups is 2. The number of ether oxygens (including phenoxy) is 1. The van der Waals surface area contributed by atoms with E-state index in [9.17, 15) is 14.7 Å². The van der Waals surface area contributed by atoms with Gasteiger partial charge in [0.2, 0.25) is 0 Å². The van der Waals surface area contributed by atoms with Crippen LogP contribution < -0.4 is 5.32 Å². The molecule has 110 valence electrons. The smallest absolute Gasteiger partial charge is 0.329 e. The van der Waals surface area contributed by atoms with Gasteiger partial charge in [0.1, 0.15) is 5.54 Å². The fraction of sp³-hybridized carbons (Fsp3) is 0.333. The summed E-state index contributed by atoms with van der Waals surface area (Å²) in [6.45, 7) is 0.671. The molecule has 0 bridgehead atoms. The molecule has 0 atom stereocenters. The maximum Gasteiger partial charge on any atom is 0.329 e. The van der Waals surface area contributed by atoms with Gasteiger partial charge in [-0.3, -0.25) is 4.79 Å². The normalized spacial score (nSPS) is 17.5. The molecule has 6 nitrogen and oxygen atoms in total. The summed E-state index contributed by atoms with van der Waals surface area (Å²) in [5.74, 6) is -1.39. The fourth-order valence-electron chi connectivity index (χ4n) is 2.59. The van der Waals surface area contributed by atoms with Crippen molar-refractivity contribution in [1.82, 2.24) is 10.3 Å². The van der Waals surface area contributed by atoms with Gasteiger partial charge in [0.05, 0.1) is 0 Å². The molecule has 1 saturated heterocycles. The quantitative estimate of drug-likeness (QED) is 0.798.